The molecular weight excluding hydrogens is 186 g/mol. The smallest absolute Gasteiger partial charge is 0.0492 e. The Morgan fingerprint density at radius 2 is 2.27 bits per heavy atom. The lowest BCUT2D eigenvalue weighted by atomic mass is 10.1. The molecule has 1 heterocycles. The molecule has 1 atom stereocenters. The molecule has 1 unspecified atom stereocenters. The van der Waals surface area contributed by atoms with E-state index in [4.69, 9.17) is 0 Å². The van der Waals surface area contributed by atoms with Crippen molar-refractivity contribution in [3.63, 3.8) is 0 Å². The fraction of sp³-hybridized carbons (Fsp3) is 0.750. The molecule has 1 N–H and O–H groups in total. The van der Waals surface area contributed by atoms with Crippen LogP contribution in [0.25, 0.3) is 0 Å². The van der Waals surface area contributed by atoms with Crippen molar-refractivity contribution in [2.24, 2.45) is 0 Å². The largest absolute Gasteiger partial charge is 0.317 e. The van der Waals surface area contributed by atoms with Crippen molar-refractivity contribution < 1.29 is 0 Å². The van der Waals surface area contributed by atoms with Crippen LogP contribution in [0.5, 0.6) is 0 Å². The van der Waals surface area contributed by atoms with Gasteiger partial charge in [-0.15, -0.1) is 0 Å². The standard InChI is InChI=1S/C12H23N3/c1-4-10-15-12(8-9-14-15)7-6-11(5-2)13-3/h8-9,11,13H,4-7,10H2,1-3H3. The van der Waals surface area contributed by atoms with E-state index in [1.807, 2.05) is 13.2 Å². The molecule has 0 aliphatic rings. The van der Waals surface area contributed by atoms with Gasteiger partial charge in [-0.05, 0) is 38.8 Å². The fourth-order valence-corrected chi connectivity index (χ4v) is 1.86. The number of hydrogen-bond donors (Lipinski definition) is 1. The van der Waals surface area contributed by atoms with Crippen molar-refractivity contribution in [1.29, 1.82) is 0 Å². The molecule has 0 saturated heterocycles. The molecule has 0 aromatic carbocycles. The number of hydrogen-bond acceptors (Lipinski definition) is 2. The molecule has 3 nitrogen and oxygen atoms in total. The average Bonchev–Trinajstić information content (AvgIpc) is 2.68. The molecule has 0 radical (unpaired) electrons. The lowest BCUT2D eigenvalue weighted by Gasteiger charge is -2.13. The monoisotopic (exact) mass is 209 g/mol. The minimum atomic E-state index is 0.634. The highest BCUT2D eigenvalue weighted by molar-refractivity contribution is 5.01. The summed E-state index contributed by atoms with van der Waals surface area (Å²) in [6.45, 7) is 5.46. The highest BCUT2D eigenvalue weighted by Crippen LogP contribution is 2.07. The average molecular weight is 209 g/mol. The van der Waals surface area contributed by atoms with Crippen molar-refractivity contribution in [2.45, 2.75) is 52.1 Å². The molecule has 0 aliphatic carbocycles. The van der Waals surface area contributed by atoms with E-state index in [1.165, 1.54) is 18.5 Å². The van der Waals surface area contributed by atoms with Crippen molar-refractivity contribution in [1.82, 2.24) is 15.1 Å². The maximum Gasteiger partial charge on any atom is 0.0492 e. The quantitative estimate of drug-likeness (QED) is 0.746. The van der Waals surface area contributed by atoms with Crippen molar-refractivity contribution >= 4 is 0 Å². The van der Waals surface area contributed by atoms with Crippen LogP contribution >= 0.6 is 0 Å². The van der Waals surface area contributed by atoms with Crippen molar-refractivity contribution in [3.8, 4) is 0 Å². The second-order valence-electron chi connectivity index (χ2n) is 3.98. The van der Waals surface area contributed by atoms with Crippen molar-refractivity contribution in [3.05, 3.63) is 18.0 Å². The lowest BCUT2D eigenvalue weighted by Crippen LogP contribution is -2.25. The zero-order chi connectivity index (χ0) is 11.1. The molecule has 0 amide bonds. The van der Waals surface area contributed by atoms with E-state index in [2.05, 4.69) is 35.0 Å². The second kappa shape index (κ2) is 6.62. The van der Waals surface area contributed by atoms with Crippen LogP contribution in [0.2, 0.25) is 0 Å². The van der Waals surface area contributed by atoms with Gasteiger partial charge in [0.1, 0.15) is 0 Å². The predicted octanol–water partition coefficient (Wildman–Crippen LogP) is 2.22. The third-order valence-electron chi connectivity index (χ3n) is 2.89. The number of aromatic nitrogens is 2. The van der Waals surface area contributed by atoms with E-state index in [-0.39, 0.29) is 0 Å². The van der Waals surface area contributed by atoms with Gasteiger partial charge in [-0.25, -0.2) is 0 Å². The third kappa shape index (κ3) is 3.67. The SMILES string of the molecule is CCCn1nccc1CCC(CC)NC. The van der Waals surface area contributed by atoms with E-state index in [9.17, 15) is 0 Å². The normalized spacial score (nSPS) is 13.0. The predicted molar refractivity (Wildman–Crippen MR) is 64.0 cm³/mol. The molecule has 0 fully saturated rings. The van der Waals surface area contributed by atoms with E-state index < -0.39 is 0 Å². The highest BCUT2D eigenvalue weighted by Gasteiger charge is 2.06. The number of aryl methyl sites for hydroxylation is 2. The molecular formula is C12H23N3. The Labute approximate surface area is 92.9 Å². The molecule has 86 valence electrons. The van der Waals surface area contributed by atoms with Gasteiger partial charge in [-0.3, -0.25) is 4.68 Å². The van der Waals surface area contributed by atoms with E-state index in [0.29, 0.717) is 6.04 Å². The summed E-state index contributed by atoms with van der Waals surface area (Å²) in [5, 5.41) is 7.67. The van der Waals surface area contributed by atoms with Gasteiger partial charge in [-0.1, -0.05) is 13.8 Å². The minimum absolute atomic E-state index is 0.634. The summed E-state index contributed by atoms with van der Waals surface area (Å²) in [6.07, 6.45) is 6.57. The zero-order valence-electron chi connectivity index (χ0n) is 10.2. The summed E-state index contributed by atoms with van der Waals surface area (Å²) >= 11 is 0. The van der Waals surface area contributed by atoms with Gasteiger partial charge in [0.2, 0.25) is 0 Å². The van der Waals surface area contributed by atoms with Crippen LogP contribution in [0.4, 0.5) is 0 Å². The van der Waals surface area contributed by atoms with Crippen LogP contribution in [0.3, 0.4) is 0 Å². The van der Waals surface area contributed by atoms with E-state index in [0.717, 1.165) is 19.4 Å². The van der Waals surface area contributed by atoms with Gasteiger partial charge in [-0.2, -0.15) is 5.10 Å². The fourth-order valence-electron chi connectivity index (χ4n) is 1.86. The van der Waals surface area contributed by atoms with Crippen molar-refractivity contribution in [2.75, 3.05) is 7.05 Å². The molecule has 0 spiro atoms. The van der Waals surface area contributed by atoms with Crippen LogP contribution in [0, 0.1) is 0 Å². The second-order valence-corrected chi connectivity index (χ2v) is 3.98. The number of nitrogens with one attached hydrogen (secondary N) is 1. The Balaban J connectivity index is 2.45. The molecule has 1 aromatic rings. The topological polar surface area (TPSA) is 29.9 Å². The van der Waals surface area contributed by atoms with Gasteiger partial charge >= 0.3 is 0 Å². The van der Waals surface area contributed by atoms with Gasteiger partial charge < -0.3 is 5.32 Å². The van der Waals surface area contributed by atoms with E-state index in [1.54, 1.807) is 0 Å². The Morgan fingerprint density at radius 3 is 2.87 bits per heavy atom. The maximum atomic E-state index is 4.33. The Kier molecular flexibility index (Phi) is 5.40. The molecule has 1 rings (SSSR count). The maximum absolute atomic E-state index is 4.33. The Hall–Kier alpha value is -0.830. The first-order valence-corrected chi connectivity index (χ1v) is 5.99. The van der Waals surface area contributed by atoms with Gasteiger partial charge in [0.15, 0.2) is 0 Å². The Bertz CT molecular complexity index is 264. The summed E-state index contributed by atoms with van der Waals surface area (Å²) < 4.78 is 2.13. The Morgan fingerprint density at radius 1 is 1.47 bits per heavy atom. The molecule has 0 aliphatic heterocycles. The summed E-state index contributed by atoms with van der Waals surface area (Å²) in [6, 6.07) is 2.77. The number of rotatable bonds is 7. The molecule has 3 heteroatoms. The number of nitrogens with zero attached hydrogens (tertiary/aromatic N) is 2. The van der Waals surface area contributed by atoms with Crippen LogP contribution < -0.4 is 5.32 Å². The van der Waals surface area contributed by atoms with Gasteiger partial charge in [0, 0.05) is 24.5 Å². The first kappa shape index (κ1) is 12.2. The zero-order valence-corrected chi connectivity index (χ0v) is 10.2. The summed E-state index contributed by atoms with van der Waals surface area (Å²) in [4.78, 5) is 0. The van der Waals surface area contributed by atoms with Gasteiger partial charge in [0.25, 0.3) is 0 Å². The van der Waals surface area contributed by atoms with E-state index >= 15 is 0 Å². The van der Waals surface area contributed by atoms with Crippen LogP contribution in [-0.2, 0) is 13.0 Å². The van der Waals surface area contributed by atoms with Crippen LogP contribution in [0.15, 0.2) is 12.3 Å². The lowest BCUT2D eigenvalue weighted by molar-refractivity contribution is 0.490. The first-order valence-electron chi connectivity index (χ1n) is 5.99. The highest BCUT2D eigenvalue weighted by atomic mass is 15.3. The molecule has 0 saturated carbocycles. The summed E-state index contributed by atoms with van der Waals surface area (Å²) in [5.41, 5.74) is 1.37. The third-order valence-corrected chi connectivity index (χ3v) is 2.89. The van der Waals surface area contributed by atoms with Crippen LogP contribution in [0.1, 0.15) is 38.8 Å². The molecule has 1 aromatic heterocycles. The summed E-state index contributed by atoms with van der Waals surface area (Å²) in [5.74, 6) is 0. The first-order chi connectivity index (χ1) is 7.31. The van der Waals surface area contributed by atoms with Crippen LogP contribution in [-0.4, -0.2) is 22.9 Å². The molecule has 15 heavy (non-hydrogen) atoms. The van der Waals surface area contributed by atoms with Gasteiger partial charge in [0.05, 0.1) is 0 Å². The summed E-state index contributed by atoms with van der Waals surface area (Å²) in [7, 11) is 2.04. The minimum Gasteiger partial charge on any atom is -0.317 e. The molecule has 0 bridgehead atoms.